The molecule has 1 aromatic heterocycles. The molecule has 1 N–H and O–H groups in total. The van der Waals surface area contributed by atoms with E-state index >= 15 is 0 Å². The first kappa shape index (κ1) is 16.9. The average molecular weight is 372 g/mol. The molecule has 0 atom stereocenters. The van der Waals surface area contributed by atoms with E-state index in [1.165, 1.54) is 0 Å². The molecular formula is C18H20N4O3S. The van der Waals surface area contributed by atoms with Crippen LogP contribution in [0, 0.1) is 18.3 Å². The van der Waals surface area contributed by atoms with Gasteiger partial charge in [-0.2, -0.15) is 5.26 Å². The minimum Gasteiger partial charge on any atom is -0.368 e. The van der Waals surface area contributed by atoms with Crippen molar-refractivity contribution in [2.24, 2.45) is 0 Å². The molecule has 7 nitrogen and oxygen atoms in total. The van der Waals surface area contributed by atoms with Gasteiger partial charge in [0.15, 0.2) is 9.84 Å². The maximum Gasteiger partial charge on any atom is 0.268 e. The smallest absolute Gasteiger partial charge is 0.268 e. The molecule has 0 spiro atoms. The third kappa shape index (κ3) is 2.63. The van der Waals surface area contributed by atoms with Gasteiger partial charge in [0.1, 0.15) is 5.69 Å². The lowest BCUT2D eigenvalue weighted by Crippen LogP contribution is -2.40. The van der Waals surface area contributed by atoms with E-state index < -0.39 is 9.84 Å². The number of fused-ring (bicyclic) bond motifs is 3. The van der Waals surface area contributed by atoms with Crippen LogP contribution in [0.4, 0.5) is 5.69 Å². The number of rotatable bonds is 1. The van der Waals surface area contributed by atoms with Crippen LogP contribution in [0.25, 0.3) is 10.9 Å². The number of nitrogens with zero attached hydrogens (tertiary/aromatic N) is 3. The van der Waals surface area contributed by atoms with Gasteiger partial charge in [0.2, 0.25) is 0 Å². The molecule has 2 aliphatic heterocycles. The number of benzene rings is 1. The molecule has 0 saturated carbocycles. The predicted molar refractivity (Wildman–Crippen MR) is 99.2 cm³/mol. The standard InChI is InChI=1S/C18H20N4O3S/c1-12-14-9-13(11-19)10-15(21-5-7-26(24,25)8-6-21)17(14)22-4-2-3-20-18(23)16(12)22/h9-10H,2-8H2,1H3,(H,20,23). The topological polar surface area (TPSA) is 95.2 Å². The number of aryl methyl sites for hydroxylation is 2. The number of nitrogens with one attached hydrogen (secondary N) is 1. The Kier molecular flexibility index (Phi) is 3.92. The van der Waals surface area contributed by atoms with Gasteiger partial charge in [0.25, 0.3) is 5.91 Å². The van der Waals surface area contributed by atoms with E-state index in [4.69, 9.17) is 0 Å². The summed E-state index contributed by atoms with van der Waals surface area (Å²) in [5.41, 5.74) is 3.79. The Bertz CT molecular complexity index is 1050. The third-order valence-electron chi connectivity index (χ3n) is 5.26. The number of carbonyl (C=O) groups excluding carboxylic acids is 1. The van der Waals surface area contributed by atoms with Crippen LogP contribution < -0.4 is 10.2 Å². The second-order valence-corrected chi connectivity index (χ2v) is 9.18. The normalized spacial score (nSPS) is 19.5. The quantitative estimate of drug-likeness (QED) is 0.811. The van der Waals surface area contributed by atoms with Crippen molar-refractivity contribution < 1.29 is 13.2 Å². The fraction of sp³-hybridized carbons (Fsp3) is 0.444. The number of carbonyl (C=O) groups is 1. The van der Waals surface area contributed by atoms with Crippen molar-refractivity contribution in [1.82, 2.24) is 9.88 Å². The lowest BCUT2D eigenvalue weighted by molar-refractivity contribution is 0.0951. The number of nitriles is 1. The van der Waals surface area contributed by atoms with Gasteiger partial charge in [-0.15, -0.1) is 0 Å². The second-order valence-electron chi connectivity index (χ2n) is 6.88. The summed E-state index contributed by atoms with van der Waals surface area (Å²) in [4.78, 5) is 14.6. The molecule has 1 fully saturated rings. The summed E-state index contributed by atoms with van der Waals surface area (Å²) < 4.78 is 25.6. The zero-order valence-corrected chi connectivity index (χ0v) is 15.4. The number of aromatic nitrogens is 1. The maximum atomic E-state index is 12.5. The van der Waals surface area contributed by atoms with Crippen molar-refractivity contribution in [3.8, 4) is 6.07 Å². The van der Waals surface area contributed by atoms with Crippen LogP contribution >= 0.6 is 0 Å². The number of hydrogen-bond donors (Lipinski definition) is 1. The number of amides is 1. The molecule has 1 saturated heterocycles. The van der Waals surface area contributed by atoms with Crippen LogP contribution in [0.3, 0.4) is 0 Å². The van der Waals surface area contributed by atoms with E-state index in [1.807, 2.05) is 28.5 Å². The molecule has 2 aliphatic rings. The third-order valence-corrected chi connectivity index (χ3v) is 6.87. The first-order valence-electron chi connectivity index (χ1n) is 8.72. The molecule has 4 rings (SSSR count). The van der Waals surface area contributed by atoms with Crippen LogP contribution in [0.2, 0.25) is 0 Å². The molecule has 0 aliphatic carbocycles. The van der Waals surface area contributed by atoms with Gasteiger partial charge in [0.05, 0.1) is 34.3 Å². The fourth-order valence-corrected chi connectivity index (χ4v) is 5.13. The van der Waals surface area contributed by atoms with Crippen molar-refractivity contribution in [3.63, 3.8) is 0 Å². The van der Waals surface area contributed by atoms with Gasteiger partial charge in [-0.1, -0.05) is 0 Å². The minimum absolute atomic E-state index is 0.0955. The molecule has 136 valence electrons. The monoisotopic (exact) mass is 372 g/mol. The fourth-order valence-electron chi connectivity index (χ4n) is 3.93. The van der Waals surface area contributed by atoms with Gasteiger partial charge in [0, 0.05) is 31.6 Å². The lowest BCUT2D eigenvalue weighted by atomic mass is 10.1. The van der Waals surface area contributed by atoms with E-state index in [0.29, 0.717) is 37.4 Å². The van der Waals surface area contributed by atoms with Crippen molar-refractivity contribution >= 4 is 32.3 Å². The van der Waals surface area contributed by atoms with Crippen molar-refractivity contribution in [2.45, 2.75) is 19.9 Å². The summed E-state index contributed by atoms with van der Waals surface area (Å²) in [7, 11) is -3.00. The summed E-state index contributed by atoms with van der Waals surface area (Å²) in [6.45, 7) is 4.05. The molecule has 1 aromatic carbocycles. The largest absolute Gasteiger partial charge is 0.368 e. The summed E-state index contributed by atoms with van der Waals surface area (Å²) >= 11 is 0. The van der Waals surface area contributed by atoms with Crippen molar-refractivity contribution in [1.29, 1.82) is 5.26 Å². The first-order chi connectivity index (χ1) is 12.4. The Balaban J connectivity index is 1.96. The molecule has 0 radical (unpaired) electrons. The highest BCUT2D eigenvalue weighted by Crippen LogP contribution is 2.36. The molecule has 2 aromatic rings. The minimum atomic E-state index is -3.00. The average Bonchev–Trinajstić information content (AvgIpc) is 2.76. The highest BCUT2D eigenvalue weighted by molar-refractivity contribution is 7.91. The van der Waals surface area contributed by atoms with Crippen LogP contribution in [0.1, 0.15) is 28.0 Å². The molecule has 1 amide bonds. The zero-order valence-electron chi connectivity index (χ0n) is 14.6. The van der Waals surface area contributed by atoms with E-state index in [0.717, 1.165) is 28.6 Å². The summed E-state index contributed by atoms with van der Waals surface area (Å²) in [6.07, 6.45) is 0.829. The highest BCUT2D eigenvalue weighted by atomic mass is 32.2. The van der Waals surface area contributed by atoms with Gasteiger partial charge in [-0.3, -0.25) is 4.79 Å². The van der Waals surface area contributed by atoms with Crippen LogP contribution in [-0.2, 0) is 16.4 Å². The van der Waals surface area contributed by atoms with Gasteiger partial charge in [-0.25, -0.2) is 8.42 Å². The molecular weight excluding hydrogens is 352 g/mol. The van der Waals surface area contributed by atoms with Gasteiger partial charge in [-0.05, 0) is 31.0 Å². The Labute approximate surface area is 152 Å². The maximum absolute atomic E-state index is 12.5. The van der Waals surface area contributed by atoms with E-state index in [2.05, 4.69) is 11.4 Å². The zero-order chi connectivity index (χ0) is 18.5. The Morgan fingerprint density at radius 1 is 1.19 bits per heavy atom. The highest BCUT2D eigenvalue weighted by Gasteiger charge is 2.28. The SMILES string of the molecule is Cc1c2n(c3c(N4CCS(=O)(=O)CC4)cc(C#N)cc13)CCCNC2=O. The predicted octanol–water partition coefficient (Wildman–Crippen LogP) is 1.19. The Hall–Kier alpha value is -2.53. The Morgan fingerprint density at radius 3 is 2.62 bits per heavy atom. The van der Waals surface area contributed by atoms with Crippen LogP contribution in [-0.4, -0.2) is 50.0 Å². The molecule has 26 heavy (non-hydrogen) atoms. The van der Waals surface area contributed by atoms with Crippen molar-refractivity contribution in [3.05, 3.63) is 29.0 Å². The first-order valence-corrected chi connectivity index (χ1v) is 10.5. The number of hydrogen-bond acceptors (Lipinski definition) is 5. The van der Waals surface area contributed by atoms with Crippen LogP contribution in [0.5, 0.6) is 0 Å². The molecule has 8 heteroatoms. The van der Waals surface area contributed by atoms with E-state index in [1.54, 1.807) is 0 Å². The lowest BCUT2D eigenvalue weighted by Gasteiger charge is -2.30. The molecule has 0 bridgehead atoms. The Morgan fingerprint density at radius 2 is 1.92 bits per heavy atom. The van der Waals surface area contributed by atoms with E-state index in [9.17, 15) is 18.5 Å². The van der Waals surface area contributed by atoms with E-state index in [-0.39, 0.29) is 17.4 Å². The summed E-state index contributed by atoms with van der Waals surface area (Å²) in [5, 5.41) is 13.3. The van der Waals surface area contributed by atoms with Crippen LogP contribution in [0.15, 0.2) is 12.1 Å². The van der Waals surface area contributed by atoms with Gasteiger partial charge >= 0.3 is 0 Å². The molecule has 3 heterocycles. The van der Waals surface area contributed by atoms with Crippen molar-refractivity contribution in [2.75, 3.05) is 36.0 Å². The van der Waals surface area contributed by atoms with Gasteiger partial charge < -0.3 is 14.8 Å². The summed E-state index contributed by atoms with van der Waals surface area (Å²) in [5.74, 6) is 0.123. The number of sulfone groups is 1. The molecule has 0 unspecified atom stereocenters. The second kappa shape index (κ2) is 6.02. The summed E-state index contributed by atoms with van der Waals surface area (Å²) in [6, 6.07) is 5.83. The number of anilines is 1.